The van der Waals surface area contributed by atoms with Gasteiger partial charge in [-0.25, -0.2) is 9.67 Å². The second kappa shape index (κ2) is 8.24. The van der Waals surface area contributed by atoms with Crippen molar-refractivity contribution in [2.45, 2.75) is 20.8 Å². The molecule has 1 heterocycles. The number of nitrogens with one attached hydrogen (secondary N) is 1. The van der Waals surface area contributed by atoms with Crippen molar-refractivity contribution in [2.24, 2.45) is 0 Å². The van der Waals surface area contributed by atoms with Crippen molar-refractivity contribution in [2.75, 3.05) is 5.32 Å². The molecule has 0 aliphatic rings. The lowest BCUT2D eigenvalue weighted by Crippen LogP contribution is -2.14. The maximum atomic E-state index is 12.9. The Hall–Kier alpha value is -3.25. The van der Waals surface area contributed by atoms with Gasteiger partial charge < -0.3 is 5.32 Å². The van der Waals surface area contributed by atoms with Crippen molar-refractivity contribution < 1.29 is 4.79 Å². The second-order valence-electron chi connectivity index (χ2n) is 7.29. The molecule has 1 N–H and O–H groups in total. The maximum absolute atomic E-state index is 12.9. The number of anilines is 1. The third-order valence-corrected chi connectivity index (χ3v) is 5.31. The molecule has 4 aromatic rings. The first-order chi connectivity index (χ1) is 14.4. The van der Waals surface area contributed by atoms with Crippen LogP contribution in [0.15, 0.2) is 71.2 Å². The van der Waals surface area contributed by atoms with Gasteiger partial charge in [0.2, 0.25) is 5.82 Å². The van der Waals surface area contributed by atoms with Gasteiger partial charge in [0.25, 0.3) is 5.91 Å². The summed E-state index contributed by atoms with van der Waals surface area (Å²) in [5.74, 6) is 0.402. The van der Waals surface area contributed by atoms with Gasteiger partial charge in [-0.15, -0.1) is 5.10 Å². The maximum Gasteiger partial charge on any atom is 0.295 e. The van der Waals surface area contributed by atoms with Crippen molar-refractivity contribution in [3.63, 3.8) is 0 Å². The number of nitrogens with zero attached hydrogens (tertiary/aromatic N) is 3. The second-order valence-corrected chi connectivity index (χ2v) is 8.21. The predicted octanol–water partition coefficient (Wildman–Crippen LogP) is 5.87. The zero-order valence-corrected chi connectivity index (χ0v) is 18.6. The van der Waals surface area contributed by atoms with Crippen LogP contribution < -0.4 is 5.32 Å². The highest BCUT2D eigenvalue weighted by molar-refractivity contribution is 9.10. The minimum Gasteiger partial charge on any atom is -0.319 e. The number of amides is 1. The number of halogens is 1. The number of aryl methyl sites for hydroxylation is 3. The molecule has 6 heteroatoms. The zero-order chi connectivity index (χ0) is 21.3. The third kappa shape index (κ3) is 4.19. The summed E-state index contributed by atoms with van der Waals surface area (Å²) in [6.07, 6.45) is 0. The minimum atomic E-state index is -0.352. The summed E-state index contributed by atoms with van der Waals surface area (Å²) in [6, 6.07) is 21.6. The molecular formula is C24H21BrN4O. The molecule has 0 unspecified atom stereocenters. The van der Waals surface area contributed by atoms with Gasteiger partial charge in [0.15, 0.2) is 5.82 Å². The molecule has 0 saturated heterocycles. The Kier molecular flexibility index (Phi) is 5.50. The van der Waals surface area contributed by atoms with Gasteiger partial charge in [0.05, 0.1) is 5.69 Å². The van der Waals surface area contributed by atoms with E-state index in [2.05, 4.69) is 43.5 Å². The smallest absolute Gasteiger partial charge is 0.295 e. The monoisotopic (exact) mass is 460 g/mol. The SMILES string of the molecule is Cc1cccc(-c2nc(C(=O)Nc3ccc(Br)cc3)nn2-c2cc(C)ccc2C)c1. The van der Waals surface area contributed by atoms with E-state index in [0.717, 1.165) is 32.4 Å². The van der Waals surface area contributed by atoms with Crippen LogP contribution >= 0.6 is 15.9 Å². The molecule has 0 spiro atoms. The Morgan fingerprint density at radius 3 is 2.40 bits per heavy atom. The predicted molar refractivity (Wildman–Crippen MR) is 123 cm³/mol. The summed E-state index contributed by atoms with van der Waals surface area (Å²) < 4.78 is 2.70. The summed E-state index contributed by atoms with van der Waals surface area (Å²) in [4.78, 5) is 17.5. The van der Waals surface area contributed by atoms with Crippen molar-refractivity contribution in [1.29, 1.82) is 0 Å². The summed E-state index contributed by atoms with van der Waals surface area (Å²) in [5, 5.41) is 7.45. The van der Waals surface area contributed by atoms with Crippen LogP contribution in [0, 0.1) is 20.8 Å². The lowest BCUT2D eigenvalue weighted by Gasteiger charge is -2.10. The summed E-state index contributed by atoms with van der Waals surface area (Å²) in [6.45, 7) is 6.09. The molecule has 30 heavy (non-hydrogen) atoms. The van der Waals surface area contributed by atoms with Gasteiger partial charge >= 0.3 is 0 Å². The summed E-state index contributed by atoms with van der Waals surface area (Å²) in [7, 11) is 0. The Morgan fingerprint density at radius 1 is 0.933 bits per heavy atom. The molecule has 0 radical (unpaired) electrons. The lowest BCUT2D eigenvalue weighted by atomic mass is 10.1. The first-order valence-corrected chi connectivity index (χ1v) is 10.4. The van der Waals surface area contributed by atoms with E-state index in [1.165, 1.54) is 0 Å². The van der Waals surface area contributed by atoms with E-state index >= 15 is 0 Å². The fraction of sp³-hybridized carbons (Fsp3) is 0.125. The van der Waals surface area contributed by atoms with Gasteiger partial charge in [-0.1, -0.05) is 51.8 Å². The molecule has 3 aromatic carbocycles. The van der Waals surface area contributed by atoms with Gasteiger partial charge in [-0.3, -0.25) is 4.79 Å². The van der Waals surface area contributed by atoms with Crippen molar-refractivity contribution in [1.82, 2.24) is 14.8 Å². The molecule has 0 aliphatic carbocycles. The topological polar surface area (TPSA) is 59.8 Å². The quantitative estimate of drug-likeness (QED) is 0.413. The largest absolute Gasteiger partial charge is 0.319 e. The highest BCUT2D eigenvalue weighted by Gasteiger charge is 2.20. The van der Waals surface area contributed by atoms with E-state index in [1.807, 2.05) is 75.4 Å². The molecular weight excluding hydrogens is 440 g/mol. The van der Waals surface area contributed by atoms with E-state index in [1.54, 1.807) is 4.68 Å². The van der Waals surface area contributed by atoms with Crippen LogP contribution in [0.5, 0.6) is 0 Å². The van der Waals surface area contributed by atoms with Crippen LogP contribution in [0.4, 0.5) is 5.69 Å². The number of hydrogen-bond acceptors (Lipinski definition) is 3. The highest BCUT2D eigenvalue weighted by Crippen LogP contribution is 2.25. The standard InChI is InChI=1S/C24H21BrN4O/c1-15-5-4-6-18(13-15)23-27-22(24(30)26-20-11-9-19(25)10-12-20)28-29(23)21-14-16(2)7-8-17(21)3/h4-14H,1-3H3,(H,26,30). The average molecular weight is 461 g/mol. The van der Waals surface area contributed by atoms with E-state index in [0.29, 0.717) is 11.5 Å². The molecule has 0 fully saturated rings. The first kappa shape index (κ1) is 20.0. The number of rotatable bonds is 4. The number of aromatic nitrogens is 3. The number of hydrogen-bond donors (Lipinski definition) is 1. The van der Waals surface area contributed by atoms with Gasteiger partial charge in [-0.05, 0) is 68.3 Å². The molecule has 0 saturated carbocycles. The number of benzene rings is 3. The van der Waals surface area contributed by atoms with Crippen LogP contribution in [0.3, 0.4) is 0 Å². The Bertz CT molecular complexity index is 1230. The van der Waals surface area contributed by atoms with Crippen molar-refractivity contribution >= 4 is 27.5 Å². The highest BCUT2D eigenvalue weighted by atomic mass is 79.9. The first-order valence-electron chi connectivity index (χ1n) is 9.59. The van der Waals surface area contributed by atoms with Crippen LogP contribution in [-0.4, -0.2) is 20.7 Å². The van der Waals surface area contributed by atoms with Gasteiger partial charge in [-0.2, -0.15) is 0 Å². The Morgan fingerprint density at radius 2 is 1.67 bits per heavy atom. The fourth-order valence-electron chi connectivity index (χ4n) is 3.22. The average Bonchev–Trinajstić information content (AvgIpc) is 3.17. The Labute approximate surface area is 183 Å². The molecule has 0 bridgehead atoms. The summed E-state index contributed by atoms with van der Waals surface area (Å²) >= 11 is 3.40. The van der Waals surface area contributed by atoms with E-state index < -0.39 is 0 Å². The molecule has 1 aromatic heterocycles. The minimum absolute atomic E-state index is 0.121. The van der Waals surface area contributed by atoms with Crippen LogP contribution in [0.1, 0.15) is 27.3 Å². The fourth-order valence-corrected chi connectivity index (χ4v) is 3.48. The van der Waals surface area contributed by atoms with Gasteiger partial charge in [0.1, 0.15) is 0 Å². The molecule has 4 rings (SSSR count). The zero-order valence-electron chi connectivity index (χ0n) is 17.0. The molecule has 0 aliphatic heterocycles. The normalized spacial score (nSPS) is 10.8. The van der Waals surface area contributed by atoms with E-state index in [9.17, 15) is 4.79 Å². The molecule has 5 nitrogen and oxygen atoms in total. The van der Waals surface area contributed by atoms with Crippen LogP contribution in [0.2, 0.25) is 0 Å². The van der Waals surface area contributed by atoms with Crippen LogP contribution in [0.25, 0.3) is 17.1 Å². The number of carbonyl (C=O) groups excluding carboxylic acids is 1. The number of carbonyl (C=O) groups is 1. The van der Waals surface area contributed by atoms with Crippen molar-refractivity contribution in [3.8, 4) is 17.1 Å². The third-order valence-electron chi connectivity index (χ3n) is 4.78. The van der Waals surface area contributed by atoms with Crippen molar-refractivity contribution in [3.05, 3.63) is 93.7 Å². The van der Waals surface area contributed by atoms with E-state index in [-0.39, 0.29) is 11.7 Å². The van der Waals surface area contributed by atoms with Gasteiger partial charge in [0, 0.05) is 15.7 Å². The van der Waals surface area contributed by atoms with E-state index in [4.69, 9.17) is 0 Å². The molecule has 0 atom stereocenters. The molecule has 150 valence electrons. The lowest BCUT2D eigenvalue weighted by molar-refractivity contribution is 0.101. The Balaban J connectivity index is 1.80. The molecule has 1 amide bonds. The van der Waals surface area contributed by atoms with Crippen LogP contribution in [-0.2, 0) is 0 Å². The summed E-state index contributed by atoms with van der Waals surface area (Å²) in [5.41, 5.74) is 5.78.